The normalized spacial score (nSPS) is 15.8. The van der Waals surface area contributed by atoms with Gasteiger partial charge in [0.05, 0.1) is 0 Å². The maximum atomic E-state index is 6.09. The Hall–Kier alpha value is -2.43. The van der Waals surface area contributed by atoms with Crippen molar-refractivity contribution in [3.8, 4) is 11.3 Å². The smallest absolute Gasteiger partial charge is 0.153 e. The molecule has 0 atom stereocenters. The Bertz CT molecular complexity index is 772. The number of anilines is 1. The maximum absolute atomic E-state index is 6.09. The standard InChI is InChI=1S/C16H16N5/c17-15-14-13(11-6-2-1-3-7-11)20-16(12-8-4-5-9-12)21(14)19-10-18-15/h2-3,6-7,10,12H,4-5,8-9H2,(H2,17,18,19). The molecule has 1 aliphatic rings. The number of nitrogens with two attached hydrogens (primary N) is 1. The first-order valence-electron chi connectivity index (χ1n) is 7.30. The summed E-state index contributed by atoms with van der Waals surface area (Å²) in [6.45, 7) is 0. The Labute approximate surface area is 122 Å². The highest BCUT2D eigenvalue weighted by Crippen LogP contribution is 2.36. The summed E-state index contributed by atoms with van der Waals surface area (Å²) in [5, 5.41) is 4.39. The number of hydrogen-bond donors (Lipinski definition) is 1. The van der Waals surface area contributed by atoms with Crippen LogP contribution in [0, 0.1) is 6.07 Å². The van der Waals surface area contributed by atoms with Gasteiger partial charge in [-0.15, -0.1) is 0 Å². The largest absolute Gasteiger partial charge is 0.382 e. The molecule has 3 aromatic rings. The number of benzene rings is 1. The zero-order valence-corrected chi connectivity index (χ0v) is 11.7. The van der Waals surface area contributed by atoms with E-state index in [9.17, 15) is 0 Å². The Balaban J connectivity index is 1.98. The van der Waals surface area contributed by atoms with Gasteiger partial charge >= 0.3 is 0 Å². The average molecular weight is 278 g/mol. The van der Waals surface area contributed by atoms with E-state index in [4.69, 9.17) is 10.7 Å². The van der Waals surface area contributed by atoms with E-state index < -0.39 is 0 Å². The molecule has 2 N–H and O–H groups in total. The SMILES string of the molecule is Nc1ncnn2c(C3CCCC3)nc(-c3cc[c]cc3)c12. The predicted molar refractivity (Wildman–Crippen MR) is 80.7 cm³/mol. The van der Waals surface area contributed by atoms with Crippen LogP contribution < -0.4 is 5.73 Å². The maximum Gasteiger partial charge on any atom is 0.153 e. The highest BCUT2D eigenvalue weighted by molar-refractivity contribution is 5.84. The molecule has 2 aromatic heterocycles. The van der Waals surface area contributed by atoms with Crippen LogP contribution in [0.3, 0.4) is 0 Å². The van der Waals surface area contributed by atoms with E-state index >= 15 is 0 Å². The van der Waals surface area contributed by atoms with E-state index in [2.05, 4.69) is 16.1 Å². The van der Waals surface area contributed by atoms with Gasteiger partial charge < -0.3 is 5.73 Å². The zero-order chi connectivity index (χ0) is 14.2. The van der Waals surface area contributed by atoms with E-state index in [-0.39, 0.29) is 0 Å². The number of imidazole rings is 1. The number of aromatic nitrogens is 4. The topological polar surface area (TPSA) is 69.1 Å². The van der Waals surface area contributed by atoms with Crippen LogP contribution in [0.2, 0.25) is 0 Å². The van der Waals surface area contributed by atoms with Gasteiger partial charge in [-0.05, 0) is 18.9 Å². The summed E-state index contributed by atoms with van der Waals surface area (Å²) in [4.78, 5) is 9.00. The summed E-state index contributed by atoms with van der Waals surface area (Å²) >= 11 is 0. The van der Waals surface area contributed by atoms with Crippen molar-refractivity contribution >= 4 is 11.3 Å². The third-order valence-electron chi connectivity index (χ3n) is 4.20. The van der Waals surface area contributed by atoms with E-state index in [0.717, 1.165) is 22.6 Å². The molecule has 0 bridgehead atoms. The summed E-state index contributed by atoms with van der Waals surface area (Å²) in [7, 11) is 0. The molecule has 21 heavy (non-hydrogen) atoms. The van der Waals surface area contributed by atoms with Crippen LogP contribution in [0.4, 0.5) is 5.82 Å². The van der Waals surface area contributed by atoms with Gasteiger partial charge in [0.1, 0.15) is 23.4 Å². The van der Waals surface area contributed by atoms with Crippen LogP contribution in [0.15, 0.2) is 30.6 Å². The Morgan fingerprint density at radius 2 is 1.95 bits per heavy atom. The fraction of sp³-hybridized carbons (Fsp3) is 0.312. The van der Waals surface area contributed by atoms with Crippen LogP contribution in [0.5, 0.6) is 0 Å². The first-order chi connectivity index (χ1) is 10.3. The van der Waals surface area contributed by atoms with Crippen molar-refractivity contribution < 1.29 is 0 Å². The minimum atomic E-state index is 0.468. The zero-order valence-electron chi connectivity index (χ0n) is 11.7. The summed E-state index contributed by atoms with van der Waals surface area (Å²) in [5.41, 5.74) is 8.79. The van der Waals surface area contributed by atoms with Crippen molar-refractivity contribution in [2.24, 2.45) is 0 Å². The van der Waals surface area contributed by atoms with E-state index in [1.807, 2.05) is 28.8 Å². The van der Waals surface area contributed by atoms with Gasteiger partial charge in [0, 0.05) is 11.5 Å². The number of rotatable bonds is 2. The van der Waals surface area contributed by atoms with Gasteiger partial charge in [0.2, 0.25) is 0 Å². The molecule has 0 spiro atoms. The molecule has 0 unspecified atom stereocenters. The molecule has 2 heterocycles. The van der Waals surface area contributed by atoms with Gasteiger partial charge in [-0.1, -0.05) is 37.1 Å². The highest BCUT2D eigenvalue weighted by Gasteiger charge is 2.25. The van der Waals surface area contributed by atoms with Gasteiger partial charge in [-0.25, -0.2) is 14.5 Å². The van der Waals surface area contributed by atoms with Crippen LogP contribution >= 0.6 is 0 Å². The van der Waals surface area contributed by atoms with E-state index in [1.54, 1.807) is 0 Å². The van der Waals surface area contributed by atoms with Gasteiger partial charge in [0.15, 0.2) is 5.82 Å². The van der Waals surface area contributed by atoms with E-state index in [0.29, 0.717) is 11.7 Å². The minimum Gasteiger partial charge on any atom is -0.382 e. The Morgan fingerprint density at radius 1 is 1.19 bits per heavy atom. The van der Waals surface area contributed by atoms with Crippen LogP contribution in [-0.4, -0.2) is 19.6 Å². The third-order valence-corrected chi connectivity index (χ3v) is 4.20. The third kappa shape index (κ3) is 1.96. The van der Waals surface area contributed by atoms with Crippen molar-refractivity contribution in [2.75, 3.05) is 5.73 Å². The minimum absolute atomic E-state index is 0.468. The molecule has 1 saturated carbocycles. The van der Waals surface area contributed by atoms with Gasteiger partial charge in [-0.3, -0.25) is 0 Å². The first kappa shape index (κ1) is 12.3. The lowest BCUT2D eigenvalue weighted by Crippen LogP contribution is -2.05. The summed E-state index contributed by atoms with van der Waals surface area (Å²) < 4.78 is 1.88. The molecule has 1 radical (unpaired) electrons. The molecule has 1 aliphatic carbocycles. The van der Waals surface area contributed by atoms with Crippen molar-refractivity contribution in [1.82, 2.24) is 19.6 Å². The first-order valence-corrected chi connectivity index (χ1v) is 7.30. The Kier molecular flexibility index (Phi) is 2.84. The lowest BCUT2D eigenvalue weighted by Gasteiger charge is -2.06. The van der Waals surface area contributed by atoms with Gasteiger partial charge in [0.25, 0.3) is 0 Å². The summed E-state index contributed by atoms with van der Waals surface area (Å²) in [6.07, 6.45) is 6.37. The Morgan fingerprint density at radius 3 is 2.71 bits per heavy atom. The second-order valence-electron chi connectivity index (χ2n) is 5.49. The lowest BCUT2D eigenvalue weighted by atomic mass is 10.1. The molecule has 4 rings (SSSR count). The number of fused-ring (bicyclic) bond motifs is 1. The molecular formula is C16H16N5. The summed E-state index contributed by atoms with van der Waals surface area (Å²) in [5.74, 6) is 1.96. The fourth-order valence-corrected chi connectivity index (χ4v) is 3.17. The molecule has 5 nitrogen and oxygen atoms in total. The lowest BCUT2D eigenvalue weighted by molar-refractivity contribution is 0.641. The molecule has 5 heteroatoms. The molecule has 1 aromatic carbocycles. The number of nitrogen functional groups attached to an aromatic ring is 1. The summed E-state index contributed by atoms with van der Waals surface area (Å²) in [6, 6.07) is 10.8. The number of hydrogen-bond acceptors (Lipinski definition) is 4. The predicted octanol–water partition coefficient (Wildman–Crippen LogP) is 2.83. The van der Waals surface area contributed by atoms with Crippen molar-refractivity contribution in [3.63, 3.8) is 0 Å². The molecule has 105 valence electrons. The van der Waals surface area contributed by atoms with Crippen LogP contribution in [0.25, 0.3) is 16.8 Å². The molecular weight excluding hydrogens is 262 g/mol. The second-order valence-corrected chi connectivity index (χ2v) is 5.49. The van der Waals surface area contributed by atoms with Crippen LogP contribution in [-0.2, 0) is 0 Å². The quantitative estimate of drug-likeness (QED) is 0.782. The number of nitrogens with zero attached hydrogens (tertiary/aromatic N) is 4. The van der Waals surface area contributed by atoms with Crippen molar-refractivity contribution in [1.29, 1.82) is 0 Å². The second kappa shape index (κ2) is 4.84. The monoisotopic (exact) mass is 278 g/mol. The fourth-order valence-electron chi connectivity index (χ4n) is 3.17. The molecule has 0 aliphatic heterocycles. The van der Waals surface area contributed by atoms with Crippen molar-refractivity contribution in [3.05, 3.63) is 42.5 Å². The van der Waals surface area contributed by atoms with Gasteiger partial charge in [-0.2, -0.15) is 5.10 Å². The molecule has 1 fully saturated rings. The van der Waals surface area contributed by atoms with Crippen LogP contribution in [0.1, 0.15) is 37.4 Å². The average Bonchev–Trinajstić information content (AvgIpc) is 3.16. The highest BCUT2D eigenvalue weighted by atomic mass is 15.3. The molecule has 0 saturated heterocycles. The van der Waals surface area contributed by atoms with E-state index in [1.165, 1.54) is 32.0 Å². The van der Waals surface area contributed by atoms with Crippen molar-refractivity contribution in [2.45, 2.75) is 31.6 Å². The molecule has 0 amide bonds.